The highest BCUT2D eigenvalue weighted by molar-refractivity contribution is 6.08. The summed E-state index contributed by atoms with van der Waals surface area (Å²) >= 11 is 0. The molecule has 68 heavy (non-hydrogen) atoms. The van der Waals surface area contributed by atoms with Crippen molar-refractivity contribution >= 4 is 55.0 Å². The highest BCUT2D eigenvalue weighted by Gasteiger charge is 2.31. The lowest BCUT2D eigenvalue weighted by molar-refractivity contribution is 0.668. The number of aromatic nitrogens is 3. The van der Waals surface area contributed by atoms with Crippen LogP contribution >= 0.6 is 0 Å². The molecule has 2 aliphatic carbocycles. The maximum atomic E-state index is 6.56. The molecular weight excluding hydrogens is 831 g/mol. The maximum Gasteiger partial charge on any atom is 0.164 e. The molecule has 2 aliphatic rings. The average Bonchev–Trinajstić information content (AvgIpc) is 3.98. The van der Waals surface area contributed by atoms with Crippen molar-refractivity contribution in [1.82, 2.24) is 15.0 Å². The maximum absolute atomic E-state index is 6.56. The molecule has 5 heteroatoms. The Hall–Kier alpha value is -8.93. The first kappa shape index (κ1) is 38.3. The zero-order valence-electron chi connectivity index (χ0n) is 36.7. The van der Waals surface area contributed by atoms with E-state index in [1.54, 1.807) is 0 Å². The lowest BCUT2D eigenvalue weighted by atomic mass is 9.70. The lowest BCUT2D eigenvalue weighted by Crippen LogP contribution is -2.13. The Morgan fingerprint density at radius 2 is 0.838 bits per heavy atom. The molecule has 0 radical (unpaired) electrons. The predicted octanol–water partition coefficient (Wildman–Crippen LogP) is 16.6. The number of hydrogen-bond acceptors (Lipinski definition) is 5. The molecule has 318 valence electrons. The highest BCUT2D eigenvalue weighted by atomic mass is 16.3. The van der Waals surface area contributed by atoms with Gasteiger partial charge in [-0.15, -0.1) is 0 Å². The van der Waals surface area contributed by atoms with E-state index in [0.717, 1.165) is 78.1 Å². The van der Waals surface area contributed by atoms with Crippen LogP contribution in [0.15, 0.2) is 227 Å². The van der Waals surface area contributed by atoms with E-state index in [2.05, 4.69) is 152 Å². The molecule has 0 spiro atoms. The van der Waals surface area contributed by atoms with Gasteiger partial charge in [0.25, 0.3) is 0 Å². The molecule has 5 nitrogen and oxygen atoms in total. The van der Waals surface area contributed by atoms with E-state index in [1.807, 2.05) is 66.7 Å². The molecule has 1 unspecified atom stereocenters. The predicted molar refractivity (Wildman–Crippen MR) is 277 cm³/mol. The van der Waals surface area contributed by atoms with Crippen LogP contribution < -0.4 is 0 Å². The summed E-state index contributed by atoms with van der Waals surface area (Å²) in [6.07, 6.45) is 5.67. The van der Waals surface area contributed by atoms with Gasteiger partial charge in [-0.05, 0) is 128 Å². The van der Waals surface area contributed by atoms with Crippen LogP contribution in [0.2, 0.25) is 0 Å². The monoisotopic (exact) mass is 869 g/mol. The summed E-state index contributed by atoms with van der Waals surface area (Å²) < 4.78 is 12.7. The van der Waals surface area contributed by atoms with Gasteiger partial charge in [-0.2, -0.15) is 0 Å². The van der Waals surface area contributed by atoms with Crippen molar-refractivity contribution in [2.24, 2.45) is 0 Å². The Bertz CT molecular complexity index is 4080. The number of furan rings is 2. The van der Waals surface area contributed by atoms with Gasteiger partial charge in [0.2, 0.25) is 0 Å². The Morgan fingerprint density at radius 1 is 0.324 bits per heavy atom. The SMILES string of the molecule is C1=C(c2cccc(-c3cccc(-c4ccc5oc6cc(-c7nc(-c8ccccc8)nc(-c8ccc9oc%10ccccc%10c9c8)n7)ccc6c5c4)c3)c2)CC2C(=C1)c1ccccc1-c1ccccc12. The molecule has 0 amide bonds. The molecule has 0 N–H and O–H groups in total. The molecule has 9 aromatic carbocycles. The van der Waals surface area contributed by atoms with E-state index in [1.165, 1.54) is 50.1 Å². The first-order valence-electron chi connectivity index (χ1n) is 23.2. The second-order valence-corrected chi connectivity index (χ2v) is 17.9. The third-order valence-corrected chi connectivity index (χ3v) is 13.9. The average molecular weight is 870 g/mol. The van der Waals surface area contributed by atoms with E-state index < -0.39 is 0 Å². The fourth-order valence-electron chi connectivity index (χ4n) is 10.6. The molecular formula is C63H39N3O2. The summed E-state index contributed by atoms with van der Waals surface area (Å²) in [4.78, 5) is 15.1. The molecule has 0 saturated heterocycles. The van der Waals surface area contributed by atoms with Gasteiger partial charge in [-0.3, -0.25) is 0 Å². The van der Waals surface area contributed by atoms with Crippen LogP contribution in [-0.2, 0) is 0 Å². The summed E-state index contributed by atoms with van der Waals surface area (Å²) in [5.41, 5.74) is 20.1. The third kappa shape index (κ3) is 6.35. The van der Waals surface area contributed by atoms with Crippen LogP contribution in [0.25, 0.3) is 123 Å². The summed E-state index contributed by atoms with van der Waals surface area (Å²) in [5.74, 6) is 2.09. The van der Waals surface area contributed by atoms with Gasteiger partial charge < -0.3 is 8.83 Å². The first-order valence-corrected chi connectivity index (χ1v) is 23.2. The van der Waals surface area contributed by atoms with Crippen molar-refractivity contribution in [2.45, 2.75) is 12.3 Å². The Morgan fingerprint density at radius 3 is 1.62 bits per heavy atom. The molecule has 0 fully saturated rings. The summed E-state index contributed by atoms with van der Waals surface area (Å²) in [5, 5.41) is 4.17. The number of rotatable bonds is 6. The molecule has 3 aromatic heterocycles. The topological polar surface area (TPSA) is 65.0 Å². The Kier molecular flexibility index (Phi) is 8.65. The van der Waals surface area contributed by atoms with Crippen molar-refractivity contribution in [3.63, 3.8) is 0 Å². The van der Waals surface area contributed by atoms with Gasteiger partial charge in [-0.1, -0.05) is 158 Å². The van der Waals surface area contributed by atoms with Crippen LogP contribution in [0.4, 0.5) is 0 Å². The summed E-state index contributed by atoms with van der Waals surface area (Å²) in [7, 11) is 0. The van der Waals surface area contributed by atoms with Crippen molar-refractivity contribution in [1.29, 1.82) is 0 Å². The first-order chi connectivity index (χ1) is 33.6. The minimum absolute atomic E-state index is 0.328. The number of nitrogens with zero attached hydrogens (tertiary/aromatic N) is 3. The second-order valence-electron chi connectivity index (χ2n) is 17.9. The van der Waals surface area contributed by atoms with E-state index in [0.29, 0.717) is 23.4 Å². The third-order valence-electron chi connectivity index (χ3n) is 13.9. The largest absolute Gasteiger partial charge is 0.456 e. The molecule has 0 aliphatic heterocycles. The fraction of sp³-hybridized carbons (Fsp3) is 0.0317. The molecule has 14 rings (SSSR count). The molecule has 0 bridgehead atoms. The summed E-state index contributed by atoms with van der Waals surface area (Å²) in [6, 6.07) is 72.7. The summed E-state index contributed by atoms with van der Waals surface area (Å²) in [6.45, 7) is 0. The minimum Gasteiger partial charge on any atom is -0.456 e. The van der Waals surface area contributed by atoms with Crippen molar-refractivity contribution in [2.75, 3.05) is 0 Å². The van der Waals surface area contributed by atoms with Crippen molar-refractivity contribution in [3.05, 3.63) is 235 Å². The molecule has 1 atom stereocenters. The van der Waals surface area contributed by atoms with E-state index >= 15 is 0 Å². The van der Waals surface area contributed by atoms with Crippen LogP contribution in [0, 0.1) is 0 Å². The van der Waals surface area contributed by atoms with Crippen molar-refractivity contribution in [3.8, 4) is 67.5 Å². The van der Waals surface area contributed by atoms with E-state index in [4.69, 9.17) is 23.8 Å². The van der Waals surface area contributed by atoms with Crippen LogP contribution in [0.5, 0.6) is 0 Å². The second kappa shape index (κ2) is 15.3. The van der Waals surface area contributed by atoms with Crippen LogP contribution in [0.1, 0.15) is 29.0 Å². The van der Waals surface area contributed by atoms with Gasteiger partial charge in [0.05, 0.1) is 0 Å². The number of benzene rings is 9. The number of para-hydroxylation sites is 1. The van der Waals surface area contributed by atoms with Gasteiger partial charge >= 0.3 is 0 Å². The van der Waals surface area contributed by atoms with Crippen molar-refractivity contribution < 1.29 is 8.83 Å². The normalized spacial score (nSPS) is 14.1. The standard InChI is InChI=1S/C63H39N3O2/c1-2-12-38(13-3-1)61-64-62(45-27-31-58-56(36-45)52-22-8-9-23-57(52)67-58)66-63(65-61)46-25-29-53-55-35-44(26-30-59(55)68-60(53)37-46)42-17-11-15-40(33-42)39-14-10-16-41(32-39)43-24-28-51-49-20-5-4-18-47(49)48-19-6-7-21-50(48)54(51)34-43/h1-33,35-37,54H,34H2. The van der Waals surface area contributed by atoms with Crippen LogP contribution in [-0.4, -0.2) is 15.0 Å². The number of fused-ring (bicyclic) bond motifs is 12. The molecule has 12 aromatic rings. The Labute approximate surface area is 392 Å². The molecule has 3 heterocycles. The molecule has 0 saturated carbocycles. The van der Waals surface area contributed by atoms with Gasteiger partial charge in [0.1, 0.15) is 22.3 Å². The van der Waals surface area contributed by atoms with Gasteiger partial charge in [0.15, 0.2) is 17.5 Å². The lowest BCUT2D eigenvalue weighted by Gasteiger charge is -2.33. The van der Waals surface area contributed by atoms with Gasteiger partial charge in [0, 0.05) is 44.2 Å². The fourth-order valence-corrected chi connectivity index (χ4v) is 10.6. The van der Waals surface area contributed by atoms with Crippen LogP contribution in [0.3, 0.4) is 0 Å². The van der Waals surface area contributed by atoms with E-state index in [-0.39, 0.29) is 0 Å². The zero-order chi connectivity index (χ0) is 44.7. The van der Waals surface area contributed by atoms with E-state index in [9.17, 15) is 0 Å². The zero-order valence-corrected chi connectivity index (χ0v) is 36.7. The highest BCUT2D eigenvalue weighted by Crippen LogP contribution is 2.51. The number of hydrogen-bond donors (Lipinski definition) is 0. The minimum atomic E-state index is 0.328. The Balaban J connectivity index is 0.790. The quantitative estimate of drug-likeness (QED) is 0.167. The van der Waals surface area contributed by atoms with Gasteiger partial charge in [-0.25, -0.2) is 15.0 Å². The number of allylic oxidation sites excluding steroid dienone is 4. The smallest absolute Gasteiger partial charge is 0.164 e.